The number of alkyl halides is 3. The highest BCUT2D eigenvalue weighted by Gasteiger charge is 2.30. The lowest BCUT2D eigenvalue weighted by Crippen LogP contribution is -2.15. The van der Waals surface area contributed by atoms with Gasteiger partial charge in [0, 0.05) is 18.5 Å². The van der Waals surface area contributed by atoms with Gasteiger partial charge in [-0.1, -0.05) is 12.1 Å². The number of para-hydroxylation sites is 2. The van der Waals surface area contributed by atoms with Crippen LogP contribution in [0.15, 0.2) is 56.8 Å². The van der Waals surface area contributed by atoms with Gasteiger partial charge < -0.3 is 4.42 Å². The normalized spacial score (nSPS) is 12.0. The number of hydrogen-bond donors (Lipinski definition) is 0. The molecule has 8 heteroatoms. The summed E-state index contributed by atoms with van der Waals surface area (Å²) in [6.45, 7) is 0.378. The van der Waals surface area contributed by atoms with E-state index in [0.717, 1.165) is 12.3 Å². The van der Waals surface area contributed by atoms with Gasteiger partial charge in [-0.25, -0.2) is 9.78 Å². The Balaban J connectivity index is 1.67. The summed E-state index contributed by atoms with van der Waals surface area (Å²) in [5.74, 6) is 0.0362. The molecular formula is C15H11F3N2O2S. The van der Waals surface area contributed by atoms with E-state index in [1.54, 1.807) is 24.3 Å². The number of rotatable bonds is 4. The van der Waals surface area contributed by atoms with Crippen molar-refractivity contribution in [3.8, 4) is 0 Å². The summed E-state index contributed by atoms with van der Waals surface area (Å²) in [7, 11) is 0. The molecule has 0 saturated heterocycles. The molecule has 4 nitrogen and oxygen atoms in total. The van der Waals surface area contributed by atoms with Crippen molar-refractivity contribution in [2.24, 2.45) is 0 Å². The zero-order chi connectivity index (χ0) is 16.4. The molecule has 0 atom stereocenters. The fourth-order valence-electron chi connectivity index (χ4n) is 2.10. The number of aromatic nitrogens is 2. The smallest absolute Gasteiger partial charge is 0.408 e. The van der Waals surface area contributed by atoms with Crippen LogP contribution in [0.1, 0.15) is 5.56 Å². The monoisotopic (exact) mass is 340 g/mol. The van der Waals surface area contributed by atoms with Crippen LogP contribution in [0.2, 0.25) is 0 Å². The first-order chi connectivity index (χ1) is 10.9. The minimum atomic E-state index is -4.39. The average Bonchev–Trinajstić information content (AvgIpc) is 2.83. The van der Waals surface area contributed by atoms with Crippen LogP contribution in [-0.2, 0) is 12.7 Å². The van der Waals surface area contributed by atoms with Crippen LogP contribution in [0, 0.1) is 0 Å². The Morgan fingerprint density at radius 2 is 1.96 bits per heavy atom. The van der Waals surface area contributed by atoms with Gasteiger partial charge in [0.15, 0.2) is 5.58 Å². The summed E-state index contributed by atoms with van der Waals surface area (Å²) in [4.78, 5) is 15.6. The van der Waals surface area contributed by atoms with Crippen molar-refractivity contribution < 1.29 is 17.6 Å². The van der Waals surface area contributed by atoms with Crippen molar-refractivity contribution in [1.29, 1.82) is 0 Å². The van der Waals surface area contributed by atoms with Crippen molar-refractivity contribution in [2.45, 2.75) is 17.7 Å². The molecule has 3 rings (SSSR count). The minimum absolute atomic E-state index is 0.378. The van der Waals surface area contributed by atoms with Gasteiger partial charge in [-0.3, -0.25) is 4.57 Å². The Hall–Kier alpha value is -2.22. The summed E-state index contributed by atoms with van der Waals surface area (Å²) >= 11 is 1.28. The largest absolute Gasteiger partial charge is 0.419 e. The highest BCUT2D eigenvalue weighted by Crippen LogP contribution is 2.29. The van der Waals surface area contributed by atoms with E-state index in [1.165, 1.54) is 22.4 Å². The summed E-state index contributed by atoms with van der Waals surface area (Å²) in [5.41, 5.74) is 0.424. The zero-order valence-corrected chi connectivity index (χ0v) is 12.5. The molecule has 0 amide bonds. The van der Waals surface area contributed by atoms with Gasteiger partial charge in [0.1, 0.15) is 0 Å². The third-order valence-corrected chi connectivity index (χ3v) is 4.13. The van der Waals surface area contributed by atoms with Gasteiger partial charge in [-0.2, -0.15) is 13.2 Å². The van der Waals surface area contributed by atoms with Gasteiger partial charge in [0.25, 0.3) is 0 Å². The minimum Gasteiger partial charge on any atom is -0.408 e. The lowest BCUT2D eigenvalue weighted by molar-refractivity contribution is -0.137. The molecule has 1 aromatic carbocycles. The Kier molecular flexibility index (Phi) is 4.16. The number of benzene rings is 1. The Morgan fingerprint density at radius 3 is 2.65 bits per heavy atom. The Labute approximate surface area is 132 Å². The summed E-state index contributed by atoms with van der Waals surface area (Å²) in [5, 5.41) is 0.471. The number of hydrogen-bond acceptors (Lipinski definition) is 4. The van der Waals surface area contributed by atoms with E-state index in [4.69, 9.17) is 4.42 Å². The molecule has 0 spiro atoms. The number of fused-ring (bicyclic) bond motifs is 1. The lowest BCUT2D eigenvalue weighted by atomic mass is 10.3. The molecule has 0 radical (unpaired) electrons. The first-order valence-corrected chi connectivity index (χ1v) is 7.68. The van der Waals surface area contributed by atoms with Crippen LogP contribution in [0.4, 0.5) is 13.2 Å². The van der Waals surface area contributed by atoms with Gasteiger partial charge >= 0.3 is 11.9 Å². The summed E-state index contributed by atoms with van der Waals surface area (Å²) < 4.78 is 44.0. The maximum Gasteiger partial charge on any atom is 0.419 e. The molecule has 2 heterocycles. The van der Waals surface area contributed by atoms with Crippen molar-refractivity contribution in [3.05, 3.63) is 58.7 Å². The van der Waals surface area contributed by atoms with E-state index in [-0.39, 0.29) is 0 Å². The van der Waals surface area contributed by atoms with Crippen molar-refractivity contribution >= 4 is 22.9 Å². The zero-order valence-electron chi connectivity index (χ0n) is 11.7. The molecule has 3 aromatic rings. The Bertz CT molecular complexity index is 869. The average molecular weight is 340 g/mol. The fourth-order valence-corrected chi connectivity index (χ4v) is 2.88. The Morgan fingerprint density at radius 1 is 1.17 bits per heavy atom. The number of halogens is 3. The highest BCUT2D eigenvalue weighted by molar-refractivity contribution is 7.99. The second-order valence-corrected chi connectivity index (χ2v) is 5.83. The number of thioether (sulfide) groups is 1. The molecular weight excluding hydrogens is 329 g/mol. The maximum atomic E-state index is 12.5. The van der Waals surface area contributed by atoms with Crippen LogP contribution in [0.3, 0.4) is 0 Å². The van der Waals surface area contributed by atoms with Crippen molar-refractivity contribution in [3.63, 3.8) is 0 Å². The number of aryl methyl sites for hydroxylation is 1. The summed E-state index contributed by atoms with van der Waals surface area (Å²) in [6.07, 6.45) is -3.58. The molecule has 0 aliphatic heterocycles. The molecule has 120 valence electrons. The van der Waals surface area contributed by atoms with Crippen LogP contribution in [0.5, 0.6) is 0 Å². The van der Waals surface area contributed by atoms with Gasteiger partial charge in [0.05, 0.1) is 16.1 Å². The van der Waals surface area contributed by atoms with E-state index < -0.39 is 17.5 Å². The third kappa shape index (κ3) is 3.42. The van der Waals surface area contributed by atoms with Crippen LogP contribution < -0.4 is 5.76 Å². The van der Waals surface area contributed by atoms with Gasteiger partial charge in [0.2, 0.25) is 0 Å². The molecule has 2 aromatic heterocycles. The van der Waals surface area contributed by atoms with E-state index in [9.17, 15) is 18.0 Å². The highest BCUT2D eigenvalue weighted by atomic mass is 32.2. The van der Waals surface area contributed by atoms with E-state index in [1.807, 2.05) is 0 Å². The molecule has 0 unspecified atom stereocenters. The topological polar surface area (TPSA) is 48.0 Å². The SMILES string of the molecule is O=c1oc2ccccc2n1CCSc1ccc(C(F)(F)F)cn1. The molecule has 0 aliphatic carbocycles. The number of oxazole rings is 1. The lowest BCUT2D eigenvalue weighted by Gasteiger charge is -2.06. The second-order valence-electron chi connectivity index (χ2n) is 4.72. The van der Waals surface area contributed by atoms with Gasteiger partial charge in [-0.05, 0) is 24.3 Å². The quantitative estimate of drug-likeness (QED) is 0.678. The molecule has 0 N–H and O–H groups in total. The van der Waals surface area contributed by atoms with E-state index in [0.29, 0.717) is 28.4 Å². The molecule has 0 bridgehead atoms. The first-order valence-electron chi connectivity index (χ1n) is 6.69. The molecule has 0 saturated carbocycles. The molecule has 0 aliphatic rings. The number of nitrogens with zero attached hydrogens (tertiary/aromatic N) is 2. The third-order valence-electron chi connectivity index (χ3n) is 3.20. The van der Waals surface area contributed by atoms with Crippen molar-refractivity contribution in [2.75, 3.05) is 5.75 Å². The van der Waals surface area contributed by atoms with Crippen molar-refractivity contribution in [1.82, 2.24) is 9.55 Å². The first kappa shape index (κ1) is 15.7. The predicted molar refractivity (Wildman–Crippen MR) is 80.4 cm³/mol. The van der Waals surface area contributed by atoms with Gasteiger partial charge in [-0.15, -0.1) is 11.8 Å². The standard InChI is InChI=1S/C15H11F3N2O2S/c16-15(17,18)10-5-6-13(19-9-10)23-8-7-20-11-3-1-2-4-12(11)22-14(20)21/h1-6,9H,7-8H2. The molecule has 0 fully saturated rings. The van der Waals surface area contributed by atoms with Crippen LogP contribution >= 0.6 is 11.8 Å². The molecule has 23 heavy (non-hydrogen) atoms. The fraction of sp³-hybridized carbons (Fsp3) is 0.200. The maximum absolute atomic E-state index is 12.5. The predicted octanol–water partition coefficient (Wildman–Crippen LogP) is 3.80. The van der Waals surface area contributed by atoms with E-state index >= 15 is 0 Å². The second kappa shape index (κ2) is 6.11. The van der Waals surface area contributed by atoms with Crippen LogP contribution in [-0.4, -0.2) is 15.3 Å². The van der Waals surface area contributed by atoms with Crippen LogP contribution in [0.25, 0.3) is 11.1 Å². The number of pyridine rings is 1. The summed E-state index contributed by atoms with van der Waals surface area (Å²) in [6, 6.07) is 9.38. The van der Waals surface area contributed by atoms with E-state index in [2.05, 4.69) is 4.98 Å².